The molecule has 134 valence electrons. The van der Waals surface area contributed by atoms with Crippen molar-refractivity contribution in [2.45, 2.75) is 33.6 Å². The fourth-order valence-corrected chi connectivity index (χ4v) is 3.07. The first-order valence-electron chi connectivity index (χ1n) is 8.75. The van der Waals surface area contributed by atoms with Crippen LogP contribution in [-0.4, -0.2) is 14.5 Å². The molecule has 0 unspecified atom stereocenters. The number of nitrogens with zero attached hydrogens (tertiary/aromatic N) is 4. The molecular formula is C20H23N5O. The van der Waals surface area contributed by atoms with Crippen LogP contribution in [0, 0.1) is 6.92 Å². The Morgan fingerprint density at radius 3 is 2.12 bits per heavy atom. The van der Waals surface area contributed by atoms with Gasteiger partial charge in [0.05, 0.1) is 11.4 Å². The molecule has 6 nitrogen and oxygen atoms in total. The van der Waals surface area contributed by atoms with Gasteiger partial charge < -0.3 is 0 Å². The van der Waals surface area contributed by atoms with Crippen molar-refractivity contribution in [2.24, 2.45) is 5.84 Å². The van der Waals surface area contributed by atoms with Crippen LogP contribution >= 0.6 is 0 Å². The van der Waals surface area contributed by atoms with Crippen LogP contribution in [0.4, 0.5) is 11.6 Å². The molecule has 3 rings (SSSR count). The zero-order valence-corrected chi connectivity index (χ0v) is 15.3. The number of aryl methyl sites for hydroxylation is 3. The number of hydrogen-bond acceptors (Lipinski definition) is 5. The number of nitrogens with two attached hydrogens (primary N) is 1. The van der Waals surface area contributed by atoms with Gasteiger partial charge in [-0.1, -0.05) is 50.2 Å². The summed E-state index contributed by atoms with van der Waals surface area (Å²) in [7, 11) is 0. The largest absolute Gasteiger partial charge is 0.356 e. The van der Waals surface area contributed by atoms with Crippen molar-refractivity contribution in [1.29, 1.82) is 0 Å². The Morgan fingerprint density at radius 1 is 0.962 bits per heavy atom. The molecule has 1 heterocycles. The van der Waals surface area contributed by atoms with Crippen molar-refractivity contribution in [3.63, 3.8) is 0 Å². The van der Waals surface area contributed by atoms with E-state index in [-0.39, 0.29) is 11.6 Å². The molecule has 0 atom stereocenters. The number of anilines is 2. The molecule has 2 aromatic carbocycles. The molecule has 6 heteroatoms. The zero-order chi connectivity index (χ0) is 18.7. The van der Waals surface area contributed by atoms with Gasteiger partial charge in [0.15, 0.2) is 0 Å². The van der Waals surface area contributed by atoms with Crippen molar-refractivity contribution in [1.82, 2.24) is 14.5 Å². The third-order valence-corrected chi connectivity index (χ3v) is 4.41. The van der Waals surface area contributed by atoms with Gasteiger partial charge in [0.25, 0.3) is 5.95 Å². The molecule has 0 aliphatic carbocycles. The minimum Gasteiger partial charge on any atom is -0.248 e. The normalized spacial score (nSPS) is 10.8. The molecule has 2 N–H and O–H groups in total. The maximum atomic E-state index is 12.9. The molecule has 0 aliphatic heterocycles. The Labute approximate surface area is 152 Å². The van der Waals surface area contributed by atoms with Crippen LogP contribution in [0.5, 0.6) is 0 Å². The van der Waals surface area contributed by atoms with Gasteiger partial charge in [0.1, 0.15) is 5.82 Å². The van der Waals surface area contributed by atoms with E-state index in [0.717, 1.165) is 29.7 Å². The predicted molar refractivity (Wildman–Crippen MR) is 104 cm³/mol. The van der Waals surface area contributed by atoms with E-state index in [0.29, 0.717) is 11.5 Å². The van der Waals surface area contributed by atoms with Crippen LogP contribution in [-0.2, 0) is 12.8 Å². The number of aromatic nitrogens is 3. The van der Waals surface area contributed by atoms with Crippen molar-refractivity contribution in [3.8, 4) is 5.69 Å². The highest BCUT2D eigenvalue weighted by molar-refractivity contribution is 5.55. The Bertz CT molecular complexity index is 943. The first-order chi connectivity index (χ1) is 12.6. The predicted octanol–water partition coefficient (Wildman–Crippen LogP) is 3.07. The monoisotopic (exact) mass is 349 g/mol. The van der Waals surface area contributed by atoms with Crippen LogP contribution in [0.3, 0.4) is 0 Å². The summed E-state index contributed by atoms with van der Waals surface area (Å²) in [5.41, 5.74) is 3.41. The number of benzene rings is 2. The summed E-state index contributed by atoms with van der Waals surface area (Å²) in [5, 5.41) is 1.32. The summed E-state index contributed by atoms with van der Waals surface area (Å²) in [6.07, 6.45) is 1.65. The van der Waals surface area contributed by atoms with Gasteiger partial charge in [0.2, 0.25) is 0 Å². The van der Waals surface area contributed by atoms with Gasteiger partial charge in [-0.25, -0.2) is 20.2 Å². The van der Waals surface area contributed by atoms with E-state index in [9.17, 15) is 4.79 Å². The standard InChI is InChI=1S/C20H23N5O/c1-4-15-10-9-11-16(5-2)18(15)24-14(3)22-19(23-20(24)26)25(21)17-12-7-6-8-13-17/h6-13H,4-5,21H2,1-3H3. The average molecular weight is 349 g/mol. The lowest BCUT2D eigenvalue weighted by atomic mass is 10.0. The molecule has 0 spiro atoms. The van der Waals surface area contributed by atoms with E-state index >= 15 is 0 Å². The van der Waals surface area contributed by atoms with Crippen molar-refractivity contribution in [3.05, 3.63) is 76.0 Å². The summed E-state index contributed by atoms with van der Waals surface area (Å²) in [6.45, 7) is 5.95. The Hall–Kier alpha value is -2.99. The lowest BCUT2D eigenvalue weighted by molar-refractivity contribution is 0.777. The minimum absolute atomic E-state index is 0.182. The van der Waals surface area contributed by atoms with Gasteiger partial charge in [-0.3, -0.25) is 0 Å². The Kier molecular flexibility index (Phi) is 5.14. The van der Waals surface area contributed by atoms with Crippen LogP contribution in [0.15, 0.2) is 53.3 Å². The molecule has 26 heavy (non-hydrogen) atoms. The van der Waals surface area contributed by atoms with E-state index < -0.39 is 0 Å². The molecular weight excluding hydrogens is 326 g/mol. The maximum absolute atomic E-state index is 12.9. The quantitative estimate of drug-likeness (QED) is 0.566. The van der Waals surface area contributed by atoms with Gasteiger partial charge in [-0.15, -0.1) is 0 Å². The topological polar surface area (TPSA) is 77.0 Å². The highest BCUT2D eigenvalue weighted by atomic mass is 16.1. The molecule has 0 saturated carbocycles. The molecule has 0 amide bonds. The molecule has 0 bridgehead atoms. The second kappa shape index (κ2) is 7.49. The van der Waals surface area contributed by atoms with Crippen molar-refractivity contribution >= 4 is 11.6 Å². The summed E-state index contributed by atoms with van der Waals surface area (Å²) >= 11 is 0. The zero-order valence-electron chi connectivity index (χ0n) is 15.3. The van der Waals surface area contributed by atoms with Crippen LogP contribution in [0.1, 0.15) is 30.8 Å². The fraction of sp³-hybridized carbons (Fsp3) is 0.250. The Balaban J connectivity index is 2.15. The molecule has 1 aromatic heterocycles. The molecule has 0 saturated heterocycles. The fourth-order valence-electron chi connectivity index (χ4n) is 3.07. The van der Waals surface area contributed by atoms with Crippen molar-refractivity contribution < 1.29 is 0 Å². The van der Waals surface area contributed by atoms with E-state index in [1.54, 1.807) is 11.5 Å². The maximum Gasteiger partial charge on any atom is 0.356 e. The SMILES string of the molecule is CCc1cccc(CC)c1-n1c(C)nc(N(N)c2ccccc2)nc1=O. The number of hydrogen-bond donors (Lipinski definition) is 1. The lowest BCUT2D eigenvalue weighted by Crippen LogP contribution is -2.34. The lowest BCUT2D eigenvalue weighted by Gasteiger charge is -2.20. The second-order valence-corrected chi connectivity index (χ2v) is 6.03. The molecule has 0 radical (unpaired) electrons. The first-order valence-corrected chi connectivity index (χ1v) is 8.75. The van der Waals surface area contributed by atoms with Crippen LogP contribution in [0.25, 0.3) is 5.69 Å². The third-order valence-electron chi connectivity index (χ3n) is 4.41. The van der Waals surface area contributed by atoms with E-state index in [1.807, 2.05) is 48.5 Å². The average Bonchev–Trinajstić information content (AvgIpc) is 2.67. The summed E-state index contributed by atoms with van der Waals surface area (Å²) in [6, 6.07) is 15.4. The molecule has 3 aromatic rings. The number of para-hydroxylation sites is 2. The van der Waals surface area contributed by atoms with E-state index in [2.05, 4.69) is 23.8 Å². The second-order valence-electron chi connectivity index (χ2n) is 6.03. The summed E-state index contributed by atoms with van der Waals surface area (Å²) in [5.74, 6) is 6.85. The van der Waals surface area contributed by atoms with Gasteiger partial charge in [-0.2, -0.15) is 9.97 Å². The first kappa shape index (κ1) is 17.8. The summed E-state index contributed by atoms with van der Waals surface area (Å²) in [4.78, 5) is 21.5. The Morgan fingerprint density at radius 2 is 1.58 bits per heavy atom. The van der Waals surface area contributed by atoms with Crippen LogP contribution < -0.4 is 16.5 Å². The minimum atomic E-state index is -0.380. The third kappa shape index (κ3) is 3.23. The highest BCUT2D eigenvalue weighted by Crippen LogP contribution is 2.22. The number of hydrazine groups is 1. The van der Waals surface area contributed by atoms with Crippen molar-refractivity contribution in [2.75, 3.05) is 5.01 Å². The van der Waals surface area contributed by atoms with E-state index in [4.69, 9.17) is 5.84 Å². The molecule has 0 aliphatic rings. The van der Waals surface area contributed by atoms with Gasteiger partial charge in [-0.05, 0) is 43.0 Å². The molecule has 0 fully saturated rings. The van der Waals surface area contributed by atoms with Crippen LogP contribution in [0.2, 0.25) is 0 Å². The smallest absolute Gasteiger partial charge is 0.248 e. The summed E-state index contributed by atoms with van der Waals surface area (Å²) < 4.78 is 1.58. The number of rotatable bonds is 5. The highest BCUT2D eigenvalue weighted by Gasteiger charge is 2.17. The van der Waals surface area contributed by atoms with Gasteiger partial charge >= 0.3 is 5.69 Å². The van der Waals surface area contributed by atoms with E-state index in [1.165, 1.54) is 5.01 Å². The van der Waals surface area contributed by atoms with Gasteiger partial charge in [0, 0.05) is 0 Å².